The summed E-state index contributed by atoms with van der Waals surface area (Å²) < 4.78 is 40.3. The maximum absolute atomic E-state index is 13.1. The van der Waals surface area contributed by atoms with Crippen LogP contribution in [0.1, 0.15) is 40.0 Å². The number of nitrogens with zero attached hydrogens (tertiary/aromatic N) is 2. The molecular formula is C23H35N3O9S. The average molecular weight is 530 g/mol. The Labute approximate surface area is 210 Å². The highest BCUT2D eigenvalue weighted by Crippen LogP contribution is 2.38. The van der Waals surface area contributed by atoms with Crippen LogP contribution in [0.2, 0.25) is 0 Å². The number of primary sulfonamides is 1. The molecule has 2 heterocycles. The standard InChI is InChI=1S/C23H35N3O9S/c1-22(2,3)35-21(30)26(16-12-23(34-14-16)7-9-25(10-8-23)20(28)29)13-17(27)15-33-18-5-4-6-19(11-18)36(24,31)32/h4-6,11,16-17,27H,7-10,12-15H2,1-3H3,(H,28,29)(H2,24,31,32)/t16?,17-/m0/s1. The van der Waals surface area contributed by atoms with Crippen molar-refractivity contribution in [3.8, 4) is 5.75 Å². The van der Waals surface area contributed by atoms with Gasteiger partial charge in [0, 0.05) is 19.2 Å². The summed E-state index contributed by atoms with van der Waals surface area (Å²) in [5.74, 6) is 0.206. The van der Waals surface area contributed by atoms with E-state index in [1.165, 1.54) is 34.1 Å². The van der Waals surface area contributed by atoms with Gasteiger partial charge in [0.1, 0.15) is 24.1 Å². The predicted molar refractivity (Wildman–Crippen MR) is 128 cm³/mol. The zero-order valence-electron chi connectivity index (χ0n) is 20.8. The number of rotatable bonds is 7. The zero-order chi connectivity index (χ0) is 26.7. The Morgan fingerprint density at radius 1 is 1.31 bits per heavy atom. The summed E-state index contributed by atoms with van der Waals surface area (Å²) >= 11 is 0. The molecule has 0 radical (unpaired) electrons. The Morgan fingerprint density at radius 2 is 1.97 bits per heavy atom. The summed E-state index contributed by atoms with van der Waals surface area (Å²) in [5.41, 5.74) is -1.29. The first kappa shape index (κ1) is 28.0. The van der Waals surface area contributed by atoms with Crippen molar-refractivity contribution in [3.63, 3.8) is 0 Å². The van der Waals surface area contributed by atoms with Crippen molar-refractivity contribution in [2.45, 2.75) is 68.3 Å². The molecule has 2 aliphatic heterocycles. The second-order valence-corrected chi connectivity index (χ2v) is 11.8. The molecule has 2 saturated heterocycles. The normalized spacial score (nSPS) is 20.7. The fourth-order valence-corrected chi connectivity index (χ4v) is 4.93. The van der Waals surface area contributed by atoms with Crippen molar-refractivity contribution in [3.05, 3.63) is 24.3 Å². The molecule has 1 unspecified atom stereocenters. The van der Waals surface area contributed by atoms with Gasteiger partial charge in [0.15, 0.2) is 0 Å². The first-order valence-corrected chi connectivity index (χ1v) is 13.3. The molecule has 2 fully saturated rings. The lowest BCUT2D eigenvalue weighted by atomic mass is 9.87. The van der Waals surface area contributed by atoms with E-state index in [-0.39, 0.29) is 36.4 Å². The van der Waals surface area contributed by atoms with Crippen LogP contribution in [0.4, 0.5) is 9.59 Å². The van der Waals surface area contributed by atoms with Crippen molar-refractivity contribution in [2.24, 2.45) is 5.14 Å². The van der Waals surface area contributed by atoms with Gasteiger partial charge in [-0.3, -0.25) is 0 Å². The molecule has 4 N–H and O–H groups in total. The fraction of sp³-hybridized carbons (Fsp3) is 0.652. The van der Waals surface area contributed by atoms with E-state index in [1.807, 2.05) is 0 Å². The highest BCUT2D eigenvalue weighted by atomic mass is 32.2. The van der Waals surface area contributed by atoms with E-state index in [4.69, 9.17) is 19.3 Å². The van der Waals surface area contributed by atoms with E-state index >= 15 is 0 Å². The van der Waals surface area contributed by atoms with Gasteiger partial charge in [-0.15, -0.1) is 0 Å². The number of hydrogen-bond acceptors (Lipinski definition) is 8. The molecule has 0 aliphatic carbocycles. The minimum absolute atomic E-state index is 0.102. The lowest BCUT2D eigenvalue weighted by molar-refractivity contribution is -0.0407. The molecule has 0 aromatic heterocycles. The molecule has 12 nitrogen and oxygen atoms in total. The van der Waals surface area contributed by atoms with E-state index in [1.54, 1.807) is 20.8 Å². The molecule has 2 aliphatic rings. The molecule has 2 amide bonds. The second-order valence-electron chi connectivity index (χ2n) is 10.2. The summed E-state index contributed by atoms with van der Waals surface area (Å²) in [5, 5.41) is 25.1. The number of nitrogens with two attached hydrogens (primary N) is 1. The van der Waals surface area contributed by atoms with Crippen LogP contribution in [-0.2, 0) is 19.5 Å². The largest absolute Gasteiger partial charge is 0.491 e. The SMILES string of the molecule is CC(C)(C)OC(=O)N(C[C@H](O)COc1cccc(S(N)(=O)=O)c1)C1COC2(CCN(C(=O)O)CC2)C1. The van der Waals surface area contributed by atoms with E-state index < -0.39 is 39.5 Å². The zero-order valence-corrected chi connectivity index (χ0v) is 21.6. The molecule has 202 valence electrons. The number of aliphatic hydroxyl groups excluding tert-OH is 1. The monoisotopic (exact) mass is 529 g/mol. The second kappa shape index (κ2) is 10.8. The number of aliphatic hydroxyl groups is 1. The Kier molecular flexibility index (Phi) is 8.38. The van der Waals surface area contributed by atoms with Crippen LogP contribution >= 0.6 is 0 Å². The quantitative estimate of drug-likeness (QED) is 0.475. The Balaban J connectivity index is 1.66. The molecule has 0 bridgehead atoms. The molecule has 36 heavy (non-hydrogen) atoms. The third-order valence-corrected chi connectivity index (χ3v) is 7.10. The Morgan fingerprint density at radius 3 is 2.56 bits per heavy atom. The fourth-order valence-electron chi connectivity index (χ4n) is 4.38. The molecule has 13 heteroatoms. The summed E-state index contributed by atoms with van der Waals surface area (Å²) in [4.78, 5) is 27.0. The van der Waals surface area contributed by atoms with E-state index in [9.17, 15) is 28.2 Å². The smallest absolute Gasteiger partial charge is 0.410 e. The number of carbonyl (C=O) groups is 2. The molecule has 0 saturated carbocycles. The summed E-state index contributed by atoms with van der Waals surface area (Å²) in [6.45, 7) is 5.86. The molecular weight excluding hydrogens is 494 g/mol. The van der Waals surface area contributed by atoms with Gasteiger partial charge in [0.2, 0.25) is 10.0 Å². The maximum Gasteiger partial charge on any atom is 0.410 e. The third kappa shape index (κ3) is 7.45. The lowest BCUT2D eigenvalue weighted by Gasteiger charge is -2.38. The van der Waals surface area contributed by atoms with Crippen LogP contribution in [0.5, 0.6) is 5.75 Å². The predicted octanol–water partition coefficient (Wildman–Crippen LogP) is 1.61. The Bertz CT molecular complexity index is 1050. The van der Waals surface area contributed by atoms with Gasteiger partial charge < -0.3 is 34.2 Å². The average Bonchev–Trinajstić information content (AvgIpc) is 3.17. The van der Waals surface area contributed by atoms with Gasteiger partial charge in [-0.2, -0.15) is 0 Å². The van der Waals surface area contributed by atoms with Crippen LogP contribution in [-0.4, -0.2) is 96.8 Å². The number of ether oxygens (including phenoxy) is 3. The molecule has 1 spiro atoms. The van der Waals surface area contributed by atoms with Crippen LogP contribution in [0, 0.1) is 0 Å². The summed E-state index contributed by atoms with van der Waals surface area (Å²) in [6, 6.07) is 5.22. The van der Waals surface area contributed by atoms with Gasteiger partial charge in [-0.1, -0.05) is 6.07 Å². The third-order valence-electron chi connectivity index (χ3n) is 6.19. The van der Waals surface area contributed by atoms with Gasteiger partial charge in [0.05, 0.1) is 29.7 Å². The van der Waals surface area contributed by atoms with Gasteiger partial charge >= 0.3 is 12.2 Å². The highest BCUT2D eigenvalue weighted by Gasteiger charge is 2.46. The van der Waals surface area contributed by atoms with Gasteiger partial charge in [-0.25, -0.2) is 23.1 Å². The first-order valence-electron chi connectivity index (χ1n) is 11.7. The Hall–Kier alpha value is -2.61. The van der Waals surface area contributed by atoms with Crippen LogP contribution in [0.15, 0.2) is 29.2 Å². The number of hydrogen-bond donors (Lipinski definition) is 3. The summed E-state index contributed by atoms with van der Waals surface area (Å²) in [6.07, 6.45) is -1.16. The number of carbonyl (C=O) groups excluding carboxylic acids is 1. The molecule has 1 aromatic carbocycles. The van der Waals surface area contributed by atoms with Crippen LogP contribution in [0.25, 0.3) is 0 Å². The van der Waals surface area contributed by atoms with Crippen LogP contribution in [0.3, 0.4) is 0 Å². The van der Waals surface area contributed by atoms with Crippen molar-refractivity contribution < 1.29 is 42.4 Å². The van der Waals surface area contributed by atoms with Crippen molar-refractivity contribution in [2.75, 3.05) is 32.8 Å². The molecule has 3 rings (SSSR count). The van der Waals surface area contributed by atoms with Crippen molar-refractivity contribution >= 4 is 22.2 Å². The van der Waals surface area contributed by atoms with E-state index in [0.29, 0.717) is 32.4 Å². The topological polar surface area (TPSA) is 169 Å². The first-order chi connectivity index (χ1) is 16.7. The summed E-state index contributed by atoms with van der Waals surface area (Å²) in [7, 11) is -3.91. The minimum Gasteiger partial charge on any atom is -0.491 e. The number of carboxylic acid groups (broad SMARTS) is 1. The highest BCUT2D eigenvalue weighted by molar-refractivity contribution is 7.89. The number of likely N-dealkylation sites (tertiary alicyclic amines) is 1. The van der Waals surface area contributed by atoms with Gasteiger partial charge in [-0.05, 0) is 52.2 Å². The van der Waals surface area contributed by atoms with Gasteiger partial charge in [0.25, 0.3) is 0 Å². The number of amides is 2. The maximum atomic E-state index is 13.1. The van der Waals surface area contributed by atoms with E-state index in [2.05, 4.69) is 0 Å². The number of sulfonamides is 1. The van der Waals surface area contributed by atoms with Crippen molar-refractivity contribution in [1.82, 2.24) is 9.80 Å². The molecule has 2 atom stereocenters. The van der Waals surface area contributed by atoms with Crippen molar-refractivity contribution in [1.29, 1.82) is 0 Å². The number of piperidine rings is 1. The minimum atomic E-state index is -3.91. The van der Waals surface area contributed by atoms with Crippen LogP contribution < -0.4 is 9.88 Å². The molecule has 1 aromatic rings. The van der Waals surface area contributed by atoms with E-state index in [0.717, 1.165) is 0 Å². The number of benzene rings is 1. The lowest BCUT2D eigenvalue weighted by Crippen LogP contribution is -2.50.